The number of unbranched alkanes of at least 4 members (excludes halogenated alkanes) is 5. The summed E-state index contributed by atoms with van der Waals surface area (Å²) in [5.74, 6) is -13.7. The molecule has 0 aromatic heterocycles. The number of amides is 8. The standard InChI is InChI=1S/C74H92Cl2N10O23S/c1-31(2)20-42(79-5)66(97)85-57-59(92)34-13-16-46(40(75)22-34)105-48-24-36-25-49(63(48)109-73-64(62(95)61(94)50(30-87)107-73)108-52-29-74(4,78)65(96)32(3)104-52)106-47-17-14-35(23-41(47)76)60(93)58-72(103)84-56(68(99)80-18-10-8-6-7-9-11-19-110)39-26-37(88)27-45(90)53(39)38-21-33(12-15-44(38)89)54(69(100)86-58)83-70(101)55(36)82-67(98)43(28-51(77)91)81-71(57)102/h12-17,21-27,31-32,42-43,50,52,54-62,64-65,73,79,87-90,92-96,110H,6-11,18-20,28-30,78H2,1-5H3,(H2,77,91)(H,80,99)(H,81,102)(H,82,98)(H,83,101)(H,84,103)(H,85,97)(H,86,100)/t32-,42+,43-,50+,52-,54+,55+,56-,57+,58-,59+,60+,61+,62-,64+,65+,73-,74-/m0/s1. The summed E-state index contributed by atoms with van der Waals surface area (Å²) in [6, 6.07) is 0.616. The van der Waals surface area contributed by atoms with Gasteiger partial charge in [-0.05, 0) is 134 Å². The Morgan fingerprint density at radius 2 is 1.31 bits per heavy atom. The number of hydrogen-bond donors (Lipinski definition) is 20. The second kappa shape index (κ2) is 36.1. The minimum absolute atomic E-state index is 0.0585. The summed E-state index contributed by atoms with van der Waals surface area (Å²) < 4.78 is 38.6. The van der Waals surface area contributed by atoms with Crippen LogP contribution in [-0.4, -0.2) is 198 Å². The maximum absolute atomic E-state index is 16.2. The van der Waals surface area contributed by atoms with Crippen LogP contribution in [0.1, 0.15) is 144 Å². The van der Waals surface area contributed by atoms with Crippen LogP contribution in [-0.2, 0) is 52.6 Å². The van der Waals surface area contributed by atoms with Crippen LogP contribution >= 0.6 is 35.8 Å². The quantitative estimate of drug-likeness (QED) is 0.0370. The lowest BCUT2D eigenvalue weighted by Gasteiger charge is -2.47. The summed E-state index contributed by atoms with van der Waals surface area (Å²) in [6.07, 6.45) is -13.7. The van der Waals surface area contributed by atoms with Gasteiger partial charge in [0.1, 0.15) is 95.5 Å². The van der Waals surface area contributed by atoms with Gasteiger partial charge < -0.3 is 128 Å². The van der Waals surface area contributed by atoms with Crippen LogP contribution in [0.5, 0.6) is 46.0 Å². The normalized spacial score (nSPS) is 28.0. The molecular weight excluding hydrogens is 1500 g/mol. The van der Waals surface area contributed by atoms with Gasteiger partial charge in [0, 0.05) is 35.7 Å². The molecule has 0 spiro atoms. The second-order valence-electron chi connectivity index (χ2n) is 28.5. The highest BCUT2D eigenvalue weighted by molar-refractivity contribution is 7.80. The molecule has 2 saturated heterocycles. The Morgan fingerprint density at radius 1 is 0.700 bits per heavy atom. The number of ether oxygens (including phenoxy) is 6. The molecule has 0 saturated carbocycles. The molecule has 33 nitrogen and oxygen atoms in total. The lowest BCUT2D eigenvalue weighted by molar-refractivity contribution is -0.333. The first kappa shape index (κ1) is 83.6. The molecule has 5 aromatic carbocycles. The number of likely N-dealkylation sites (N-methyl/N-ethyl adjacent to an activating group) is 1. The van der Waals surface area contributed by atoms with Gasteiger partial charge in [-0.3, -0.25) is 38.4 Å². The molecule has 11 bridgehead atoms. The fourth-order valence-corrected chi connectivity index (χ4v) is 14.4. The highest BCUT2D eigenvalue weighted by Crippen LogP contribution is 2.50. The Balaban J connectivity index is 1.21. The minimum atomic E-state index is -2.33. The molecule has 36 heteroatoms. The number of primary amides is 1. The van der Waals surface area contributed by atoms with Crippen molar-refractivity contribution in [2.45, 2.75) is 195 Å². The minimum Gasteiger partial charge on any atom is -0.508 e. The summed E-state index contributed by atoms with van der Waals surface area (Å²) in [6.45, 7) is 5.77. The summed E-state index contributed by atoms with van der Waals surface area (Å²) in [7, 11) is 1.48. The number of aromatic hydroxyl groups is 3. The summed E-state index contributed by atoms with van der Waals surface area (Å²) in [4.78, 5) is 120. The van der Waals surface area contributed by atoms with E-state index in [0.717, 1.165) is 86.0 Å². The average Bonchev–Trinajstić information content (AvgIpc) is 0.762. The molecule has 7 aliphatic rings. The SMILES string of the molecule is CN[C@H](CC(C)C)C(=O)N[C@H]1C(=O)N[C@@H](CC(N)=O)C(=O)N[C@H]2C(=O)N[C@H]3C(=O)N[C@H](C(=O)N[C@H](C(=O)NCCCCCCCCS)c4cc(O)cc(O)c4-c4cc3ccc4O)[C@H](O)c3ccc(c(Cl)c3)Oc3cc2cc(c3O[C@@H]2O[C@H](CO)[C@@H](O)[C@H](O)[C@H]2O[C@H]2C[C@](C)(N)[C@H](O)[C@H](C)O2)Oc2ccc(cc2Cl)[C@H]1O. The number of rotatable bonds is 21. The van der Waals surface area contributed by atoms with Gasteiger partial charge in [0.05, 0.1) is 41.3 Å². The number of halogens is 2. The Kier molecular flexibility index (Phi) is 27.4. The number of phenolic OH excluding ortho intramolecular Hbond substituents is 3. The van der Waals surface area contributed by atoms with Crippen molar-refractivity contribution in [1.29, 1.82) is 0 Å². The van der Waals surface area contributed by atoms with Crippen LogP contribution in [0.25, 0.3) is 11.1 Å². The molecule has 0 radical (unpaired) electrons. The van der Waals surface area contributed by atoms with E-state index in [1.807, 2.05) is 13.8 Å². The lowest BCUT2D eigenvalue weighted by atomic mass is 9.86. The van der Waals surface area contributed by atoms with E-state index in [2.05, 4.69) is 55.2 Å². The molecule has 110 heavy (non-hydrogen) atoms. The van der Waals surface area contributed by atoms with E-state index in [4.69, 9.17) is 63.1 Å². The molecule has 0 unspecified atom stereocenters. The highest BCUT2D eigenvalue weighted by Gasteiger charge is 2.52. The number of aliphatic hydroxyl groups excluding tert-OH is 6. The molecule has 12 rings (SSSR count). The monoisotopic (exact) mass is 1590 g/mol. The third-order valence-electron chi connectivity index (χ3n) is 19.7. The second-order valence-corrected chi connectivity index (χ2v) is 29.8. The molecule has 21 N–H and O–H groups in total. The largest absolute Gasteiger partial charge is 0.508 e. The first-order chi connectivity index (χ1) is 52.2. The maximum Gasteiger partial charge on any atom is 0.248 e. The molecule has 18 atom stereocenters. The van der Waals surface area contributed by atoms with E-state index < -0.39 is 215 Å². The van der Waals surface area contributed by atoms with E-state index in [0.29, 0.717) is 12.8 Å². The zero-order valence-corrected chi connectivity index (χ0v) is 62.9. The Bertz CT molecular complexity index is 4260. The summed E-state index contributed by atoms with van der Waals surface area (Å²) in [5.41, 5.74) is 8.73. The fraction of sp³-hybridized carbons (Fsp3) is 0.486. The van der Waals surface area contributed by atoms with Crippen molar-refractivity contribution in [3.63, 3.8) is 0 Å². The van der Waals surface area contributed by atoms with Crippen molar-refractivity contribution >= 4 is 83.1 Å². The lowest BCUT2D eigenvalue weighted by Crippen LogP contribution is -2.64. The van der Waals surface area contributed by atoms with Gasteiger partial charge in [-0.1, -0.05) is 80.9 Å². The van der Waals surface area contributed by atoms with E-state index in [1.54, 1.807) is 0 Å². The number of benzene rings is 5. The van der Waals surface area contributed by atoms with Crippen molar-refractivity contribution in [3.8, 4) is 57.1 Å². The number of hydrogen-bond acceptors (Lipinski definition) is 26. The Labute approximate surface area is 647 Å². The van der Waals surface area contributed by atoms with Gasteiger partial charge in [-0.2, -0.15) is 12.6 Å². The fourth-order valence-electron chi connectivity index (χ4n) is 13.8. The van der Waals surface area contributed by atoms with Crippen LogP contribution in [0.4, 0.5) is 0 Å². The third kappa shape index (κ3) is 19.2. The molecule has 596 valence electrons. The third-order valence-corrected chi connectivity index (χ3v) is 20.6. The van der Waals surface area contributed by atoms with Crippen molar-refractivity contribution in [1.82, 2.24) is 42.5 Å². The van der Waals surface area contributed by atoms with Gasteiger partial charge >= 0.3 is 0 Å². The average molecular weight is 1590 g/mol. The van der Waals surface area contributed by atoms with Gasteiger partial charge in [0.15, 0.2) is 23.9 Å². The summed E-state index contributed by atoms with van der Waals surface area (Å²) >= 11 is 18.6. The first-order valence-electron chi connectivity index (χ1n) is 35.8. The van der Waals surface area contributed by atoms with Gasteiger partial charge in [-0.25, -0.2) is 0 Å². The van der Waals surface area contributed by atoms with Crippen LogP contribution in [0.2, 0.25) is 10.0 Å². The predicted molar refractivity (Wildman–Crippen MR) is 396 cm³/mol. The number of fused-ring (bicyclic) bond motifs is 15. The van der Waals surface area contributed by atoms with Crippen molar-refractivity contribution < 1.29 is 113 Å². The van der Waals surface area contributed by atoms with Gasteiger partial charge in [0.25, 0.3) is 0 Å². The predicted octanol–water partition coefficient (Wildman–Crippen LogP) is 2.41. The number of aliphatic hydroxyl groups is 6. The van der Waals surface area contributed by atoms with Crippen LogP contribution in [0.3, 0.4) is 0 Å². The van der Waals surface area contributed by atoms with Gasteiger partial charge in [-0.15, -0.1) is 0 Å². The number of nitrogens with two attached hydrogens (primary N) is 2. The molecule has 2 fully saturated rings. The molecule has 0 aliphatic carbocycles. The van der Waals surface area contributed by atoms with Crippen LogP contribution in [0.15, 0.2) is 78.9 Å². The van der Waals surface area contributed by atoms with Crippen molar-refractivity contribution in [3.05, 3.63) is 117 Å². The molecule has 5 aromatic rings. The Hall–Kier alpha value is -8.85. The zero-order chi connectivity index (χ0) is 79.9. The van der Waals surface area contributed by atoms with E-state index in [-0.39, 0.29) is 75.2 Å². The first-order valence-corrected chi connectivity index (χ1v) is 37.2. The van der Waals surface area contributed by atoms with Crippen LogP contribution in [0, 0.1) is 5.92 Å². The maximum atomic E-state index is 16.2. The number of thiol groups is 1. The number of carbonyl (C=O) groups excluding carboxylic acids is 8. The summed E-state index contributed by atoms with van der Waals surface area (Å²) in [5, 5.41) is 125. The topological polar surface area (TPSA) is 522 Å². The molecular formula is C74H92Cl2N10O23S. The highest BCUT2D eigenvalue weighted by atomic mass is 35.5. The molecule has 7 aliphatic heterocycles. The number of phenols is 3. The number of nitrogens with one attached hydrogen (secondary N) is 8. The van der Waals surface area contributed by atoms with Crippen molar-refractivity contribution in [2.75, 3.05) is 26.0 Å². The van der Waals surface area contributed by atoms with E-state index in [1.165, 1.54) is 45.2 Å². The van der Waals surface area contributed by atoms with Crippen LogP contribution < -0.4 is 68.2 Å². The van der Waals surface area contributed by atoms with Gasteiger partial charge in [0.2, 0.25) is 59.3 Å². The zero-order valence-electron chi connectivity index (χ0n) is 60.5. The van der Waals surface area contributed by atoms with E-state index >= 15 is 19.2 Å². The number of carbonyl (C=O) groups is 8. The van der Waals surface area contributed by atoms with E-state index in [9.17, 15) is 65.1 Å². The molecule has 7 heterocycles. The Morgan fingerprint density at radius 3 is 1.92 bits per heavy atom. The smallest absolute Gasteiger partial charge is 0.248 e. The van der Waals surface area contributed by atoms with Crippen molar-refractivity contribution in [2.24, 2.45) is 17.4 Å². The molecule has 8 amide bonds.